The largest absolute Gasteiger partial charge is 0.496 e. The molecule has 0 aromatic heterocycles. The van der Waals surface area contributed by atoms with Crippen molar-refractivity contribution in [1.82, 2.24) is 0 Å². The van der Waals surface area contributed by atoms with E-state index >= 15 is 0 Å². The normalized spacial score (nSPS) is 20.7. The van der Waals surface area contributed by atoms with Crippen molar-refractivity contribution in [3.8, 4) is 23.0 Å². The molecule has 0 radical (unpaired) electrons. The van der Waals surface area contributed by atoms with Crippen molar-refractivity contribution in [3.05, 3.63) is 35.4 Å². The lowest BCUT2D eigenvalue weighted by atomic mass is 9.90. The van der Waals surface area contributed by atoms with Crippen molar-refractivity contribution < 1.29 is 23.7 Å². The number of fused-ring (bicyclic) bond motifs is 6. The van der Waals surface area contributed by atoms with Gasteiger partial charge in [-0.05, 0) is 12.1 Å². The number of ether oxygens (including phenoxy) is 5. The van der Waals surface area contributed by atoms with Gasteiger partial charge in [0.2, 0.25) is 0 Å². The molecule has 0 amide bonds. The molecule has 0 fully saturated rings. The minimum atomic E-state index is -0.112. The van der Waals surface area contributed by atoms with E-state index in [0.717, 1.165) is 33.4 Å². The number of hydrogen-bond acceptors (Lipinski definition) is 5. The van der Waals surface area contributed by atoms with Gasteiger partial charge < -0.3 is 23.7 Å². The lowest BCUT2D eigenvalue weighted by molar-refractivity contribution is 0.0862. The van der Waals surface area contributed by atoms with E-state index < -0.39 is 0 Å². The fourth-order valence-electron chi connectivity index (χ4n) is 3.64. The molecule has 0 saturated heterocycles. The van der Waals surface area contributed by atoms with Crippen LogP contribution in [-0.4, -0.2) is 28.4 Å². The summed E-state index contributed by atoms with van der Waals surface area (Å²) in [6.45, 7) is 0. The van der Waals surface area contributed by atoms with Gasteiger partial charge in [-0.25, -0.2) is 0 Å². The summed E-state index contributed by atoms with van der Waals surface area (Å²) in [5.74, 6) is 2.93. The van der Waals surface area contributed by atoms with Crippen molar-refractivity contribution >= 4 is 10.8 Å². The van der Waals surface area contributed by atoms with Gasteiger partial charge in [-0.1, -0.05) is 12.2 Å². The van der Waals surface area contributed by atoms with Gasteiger partial charge in [-0.15, -0.1) is 0 Å². The second kappa shape index (κ2) is 5.06. The summed E-state index contributed by atoms with van der Waals surface area (Å²) in [5, 5.41) is 1.68. The molecule has 5 heteroatoms. The molecule has 0 saturated carbocycles. The summed E-state index contributed by atoms with van der Waals surface area (Å²) in [6.07, 6.45) is 3.87. The van der Waals surface area contributed by atoms with Crippen LogP contribution in [0.5, 0.6) is 23.0 Å². The maximum absolute atomic E-state index is 5.99. The zero-order chi connectivity index (χ0) is 16.1. The van der Waals surface area contributed by atoms with Gasteiger partial charge in [0.25, 0.3) is 0 Å². The van der Waals surface area contributed by atoms with Crippen LogP contribution >= 0.6 is 0 Å². The average molecular weight is 314 g/mol. The molecule has 2 bridgehead atoms. The van der Waals surface area contributed by atoms with Gasteiger partial charge in [0.05, 0.1) is 39.2 Å². The minimum absolute atomic E-state index is 0.112. The van der Waals surface area contributed by atoms with E-state index in [-0.39, 0.29) is 12.2 Å². The molecule has 2 aliphatic heterocycles. The molecular formula is C18H18O5. The average Bonchev–Trinajstić information content (AvgIpc) is 3.20. The van der Waals surface area contributed by atoms with Crippen LogP contribution in [0.15, 0.2) is 24.3 Å². The summed E-state index contributed by atoms with van der Waals surface area (Å²) in [4.78, 5) is 0. The first-order valence-electron chi connectivity index (χ1n) is 7.41. The Labute approximate surface area is 134 Å². The molecule has 2 aromatic rings. The molecule has 0 spiro atoms. The van der Waals surface area contributed by atoms with Gasteiger partial charge in [0.1, 0.15) is 35.2 Å². The first-order valence-corrected chi connectivity index (χ1v) is 7.41. The summed E-state index contributed by atoms with van der Waals surface area (Å²) in [6, 6.07) is 3.75. The third-order valence-corrected chi connectivity index (χ3v) is 4.53. The van der Waals surface area contributed by atoms with Gasteiger partial charge in [-0.3, -0.25) is 0 Å². The van der Waals surface area contributed by atoms with Crippen LogP contribution in [0.4, 0.5) is 0 Å². The van der Waals surface area contributed by atoms with E-state index in [1.54, 1.807) is 28.4 Å². The van der Waals surface area contributed by atoms with Crippen LogP contribution in [-0.2, 0) is 4.74 Å². The summed E-state index contributed by atoms with van der Waals surface area (Å²) in [7, 11) is 6.61. The first kappa shape index (κ1) is 14.2. The minimum Gasteiger partial charge on any atom is -0.496 e. The van der Waals surface area contributed by atoms with E-state index in [0.29, 0.717) is 11.5 Å². The molecule has 5 nitrogen and oxygen atoms in total. The smallest absolute Gasteiger partial charge is 0.137 e. The Morgan fingerprint density at radius 3 is 1.48 bits per heavy atom. The topological polar surface area (TPSA) is 46.2 Å². The second-order valence-corrected chi connectivity index (χ2v) is 5.48. The fraction of sp³-hybridized carbons (Fsp3) is 0.333. The highest BCUT2D eigenvalue weighted by molar-refractivity contribution is 6.04. The molecule has 2 atom stereocenters. The van der Waals surface area contributed by atoms with E-state index in [1.165, 1.54) is 0 Å². The van der Waals surface area contributed by atoms with Crippen LogP contribution in [0.3, 0.4) is 0 Å². The van der Waals surface area contributed by atoms with Gasteiger partial charge in [-0.2, -0.15) is 0 Å². The van der Waals surface area contributed by atoms with Crippen LogP contribution < -0.4 is 18.9 Å². The maximum atomic E-state index is 5.99. The monoisotopic (exact) mass is 314 g/mol. The molecule has 2 heterocycles. The molecule has 120 valence electrons. The maximum Gasteiger partial charge on any atom is 0.137 e. The van der Waals surface area contributed by atoms with Crippen molar-refractivity contribution in [2.45, 2.75) is 12.2 Å². The molecule has 0 unspecified atom stereocenters. The van der Waals surface area contributed by atoms with E-state index in [4.69, 9.17) is 23.7 Å². The summed E-state index contributed by atoms with van der Waals surface area (Å²) < 4.78 is 28.6. The van der Waals surface area contributed by atoms with Crippen LogP contribution in [0.25, 0.3) is 10.8 Å². The standard InChI is InChI=1S/C18H18O5/c1-19-9-5-6-10(20-2)14-13(9)17(21-3)15-11-7-8-12(23-11)16(15)18(14)22-4/h5-8,11-12H,1-4H3/t11-,12+. The second-order valence-electron chi connectivity index (χ2n) is 5.48. The number of methoxy groups -OCH3 is 4. The summed E-state index contributed by atoms with van der Waals surface area (Å²) in [5.41, 5.74) is 2.02. The van der Waals surface area contributed by atoms with Crippen LogP contribution in [0.1, 0.15) is 23.3 Å². The van der Waals surface area contributed by atoms with E-state index in [1.807, 2.05) is 24.3 Å². The van der Waals surface area contributed by atoms with Gasteiger partial charge in [0, 0.05) is 11.1 Å². The van der Waals surface area contributed by atoms with Crippen LogP contribution in [0.2, 0.25) is 0 Å². The van der Waals surface area contributed by atoms with E-state index in [2.05, 4.69) is 0 Å². The molecule has 2 aromatic carbocycles. The Hall–Kier alpha value is -2.40. The van der Waals surface area contributed by atoms with Crippen molar-refractivity contribution in [1.29, 1.82) is 0 Å². The predicted molar refractivity (Wildman–Crippen MR) is 85.9 cm³/mol. The SMILES string of the molecule is COc1ccc(OC)c2c(OC)c3c(c(OC)c12)[C@@H]1C=C[C@H]3O1. The number of benzene rings is 2. The first-order chi connectivity index (χ1) is 11.2. The number of rotatable bonds is 4. The van der Waals surface area contributed by atoms with Crippen molar-refractivity contribution in [3.63, 3.8) is 0 Å². The Bertz CT molecular complexity index is 758. The third kappa shape index (κ3) is 1.71. The van der Waals surface area contributed by atoms with Crippen LogP contribution in [0, 0.1) is 0 Å². The summed E-state index contributed by atoms with van der Waals surface area (Å²) >= 11 is 0. The highest BCUT2D eigenvalue weighted by atomic mass is 16.5. The van der Waals surface area contributed by atoms with Crippen molar-refractivity contribution in [2.24, 2.45) is 0 Å². The predicted octanol–water partition coefficient (Wildman–Crippen LogP) is 3.56. The lowest BCUT2D eigenvalue weighted by Crippen LogP contribution is -2.04. The zero-order valence-electron chi connectivity index (χ0n) is 13.5. The molecule has 23 heavy (non-hydrogen) atoms. The van der Waals surface area contributed by atoms with Crippen molar-refractivity contribution in [2.75, 3.05) is 28.4 Å². The fourth-order valence-corrected chi connectivity index (χ4v) is 3.64. The Balaban J connectivity index is 2.22. The molecule has 0 aliphatic carbocycles. The Morgan fingerprint density at radius 2 is 1.13 bits per heavy atom. The highest BCUT2D eigenvalue weighted by Gasteiger charge is 2.41. The molecule has 0 N–H and O–H groups in total. The Morgan fingerprint density at radius 1 is 0.696 bits per heavy atom. The van der Waals surface area contributed by atoms with E-state index in [9.17, 15) is 0 Å². The highest BCUT2D eigenvalue weighted by Crippen LogP contribution is 2.59. The number of hydrogen-bond donors (Lipinski definition) is 0. The zero-order valence-corrected chi connectivity index (χ0v) is 13.5. The van der Waals surface area contributed by atoms with Gasteiger partial charge >= 0.3 is 0 Å². The molecular weight excluding hydrogens is 296 g/mol. The van der Waals surface area contributed by atoms with Gasteiger partial charge in [0.15, 0.2) is 0 Å². The molecule has 2 aliphatic rings. The molecule has 4 rings (SSSR count). The Kier molecular flexibility index (Phi) is 3.13. The third-order valence-electron chi connectivity index (χ3n) is 4.53. The lowest BCUT2D eigenvalue weighted by Gasteiger charge is -2.22. The quantitative estimate of drug-likeness (QED) is 0.808.